The van der Waals surface area contributed by atoms with Gasteiger partial charge in [-0.25, -0.2) is 9.78 Å². The average Bonchev–Trinajstić information content (AvgIpc) is 3.24. The molecule has 1 fully saturated rings. The first-order valence-corrected chi connectivity index (χ1v) is 8.18. The van der Waals surface area contributed by atoms with Gasteiger partial charge in [-0.1, -0.05) is 0 Å². The molecule has 0 bridgehead atoms. The first kappa shape index (κ1) is 14.1. The number of aryl methyl sites for hydroxylation is 1. The Morgan fingerprint density at radius 3 is 3.24 bits per heavy atom. The quantitative estimate of drug-likeness (QED) is 0.862. The highest BCUT2D eigenvalue weighted by Crippen LogP contribution is 2.32. The zero-order valence-electron chi connectivity index (χ0n) is 11.8. The third-order valence-electron chi connectivity index (χ3n) is 3.75. The highest BCUT2D eigenvalue weighted by molar-refractivity contribution is 7.07. The molecule has 1 aliphatic heterocycles. The van der Waals surface area contributed by atoms with Crippen LogP contribution in [0.15, 0.2) is 29.5 Å². The van der Waals surface area contributed by atoms with Crippen LogP contribution in [0.4, 0.5) is 4.79 Å². The molecule has 2 amide bonds. The lowest BCUT2D eigenvalue weighted by Gasteiger charge is -2.24. The third kappa shape index (κ3) is 3.41. The van der Waals surface area contributed by atoms with Gasteiger partial charge in [-0.3, -0.25) is 4.68 Å². The molecular formula is C14H19N5OS. The van der Waals surface area contributed by atoms with Crippen LogP contribution in [0, 0.1) is 0 Å². The first-order chi connectivity index (χ1) is 10.3. The van der Waals surface area contributed by atoms with E-state index in [0.717, 1.165) is 32.4 Å². The fourth-order valence-corrected chi connectivity index (χ4v) is 3.41. The van der Waals surface area contributed by atoms with Crippen molar-refractivity contribution >= 4 is 17.4 Å². The van der Waals surface area contributed by atoms with E-state index in [2.05, 4.69) is 32.2 Å². The summed E-state index contributed by atoms with van der Waals surface area (Å²) in [6.45, 7) is 2.27. The highest BCUT2D eigenvalue weighted by atomic mass is 32.1. The topological polar surface area (TPSA) is 63.1 Å². The predicted molar refractivity (Wildman–Crippen MR) is 81.0 cm³/mol. The van der Waals surface area contributed by atoms with E-state index in [1.54, 1.807) is 22.3 Å². The Bertz CT molecular complexity index is 554. The van der Waals surface area contributed by atoms with E-state index in [-0.39, 0.29) is 12.1 Å². The normalized spacial score (nSPS) is 18.1. The lowest BCUT2D eigenvalue weighted by atomic mass is 10.1. The van der Waals surface area contributed by atoms with Gasteiger partial charge >= 0.3 is 6.03 Å². The summed E-state index contributed by atoms with van der Waals surface area (Å²) in [5.41, 5.74) is 1.26. The lowest BCUT2D eigenvalue weighted by molar-refractivity contribution is 0.193. The molecule has 0 saturated carbocycles. The zero-order chi connectivity index (χ0) is 14.5. The van der Waals surface area contributed by atoms with Crippen molar-refractivity contribution in [1.29, 1.82) is 0 Å². The third-order valence-corrected chi connectivity index (χ3v) is 4.45. The minimum absolute atomic E-state index is 0.0438. The molecule has 3 heterocycles. The molecule has 0 unspecified atom stereocenters. The SMILES string of the molecule is O=C(NCCCn1cncn1)N1CCC[C@H]1c1ccsc1. The molecule has 0 aliphatic carbocycles. The van der Waals surface area contributed by atoms with E-state index in [0.29, 0.717) is 6.54 Å². The maximum absolute atomic E-state index is 12.3. The molecule has 0 radical (unpaired) electrons. The molecule has 0 aromatic carbocycles. The maximum Gasteiger partial charge on any atom is 0.317 e. The number of amides is 2. The van der Waals surface area contributed by atoms with Gasteiger partial charge in [0.05, 0.1) is 6.04 Å². The van der Waals surface area contributed by atoms with Crippen LogP contribution in [0.25, 0.3) is 0 Å². The summed E-state index contributed by atoms with van der Waals surface area (Å²) in [6, 6.07) is 2.40. The van der Waals surface area contributed by atoms with Crippen molar-refractivity contribution in [3.8, 4) is 0 Å². The van der Waals surface area contributed by atoms with Crippen LogP contribution in [-0.2, 0) is 6.54 Å². The Hall–Kier alpha value is -1.89. The summed E-state index contributed by atoms with van der Waals surface area (Å²) >= 11 is 1.69. The van der Waals surface area contributed by atoms with Crippen molar-refractivity contribution in [2.45, 2.75) is 31.8 Å². The van der Waals surface area contributed by atoms with Gasteiger partial charge in [-0.2, -0.15) is 16.4 Å². The number of carbonyl (C=O) groups is 1. The maximum atomic E-state index is 12.3. The number of thiophene rings is 1. The van der Waals surface area contributed by atoms with Crippen molar-refractivity contribution < 1.29 is 4.79 Å². The van der Waals surface area contributed by atoms with Crippen molar-refractivity contribution in [3.05, 3.63) is 35.0 Å². The second-order valence-electron chi connectivity index (χ2n) is 5.15. The van der Waals surface area contributed by atoms with Crippen LogP contribution in [0.2, 0.25) is 0 Å². The summed E-state index contributed by atoms with van der Waals surface area (Å²) in [5.74, 6) is 0. The van der Waals surface area contributed by atoms with E-state index in [1.165, 1.54) is 11.9 Å². The largest absolute Gasteiger partial charge is 0.338 e. The molecule has 21 heavy (non-hydrogen) atoms. The van der Waals surface area contributed by atoms with Gasteiger partial charge in [-0.15, -0.1) is 0 Å². The van der Waals surface area contributed by atoms with Crippen molar-refractivity contribution in [1.82, 2.24) is 25.0 Å². The summed E-state index contributed by atoms with van der Waals surface area (Å²) in [6.07, 6.45) is 6.20. The minimum Gasteiger partial charge on any atom is -0.338 e. The number of nitrogens with one attached hydrogen (secondary N) is 1. The van der Waals surface area contributed by atoms with Crippen LogP contribution in [0.1, 0.15) is 30.9 Å². The van der Waals surface area contributed by atoms with E-state index < -0.39 is 0 Å². The highest BCUT2D eigenvalue weighted by Gasteiger charge is 2.29. The van der Waals surface area contributed by atoms with Gasteiger partial charge in [0.25, 0.3) is 0 Å². The second kappa shape index (κ2) is 6.71. The van der Waals surface area contributed by atoms with Gasteiger partial charge in [0.1, 0.15) is 12.7 Å². The Morgan fingerprint density at radius 2 is 2.48 bits per heavy atom. The summed E-state index contributed by atoms with van der Waals surface area (Å²) in [7, 11) is 0. The Kier molecular flexibility index (Phi) is 4.49. The van der Waals surface area contributed by atoms with Gasteiger partial charge in [0, 0.05) is 19.6 Å². The molecule has 1 atom stereocenters. The number of rotatable bonds is 5. The van der Waals surface area contributed by atoms with Gasteiger partial charge in [-0.05, 0) is 41.7 Å². The minimum atomic E-state index is 0.0438. The number of urea groups is 1. The molecule has 1 aliphatic rings. The smallest absolute Gasteiger partial charge is 0.317 e. The molecule has 2 aromatic heterocycles. The van der Waals surface area contributed by atoms with E-state index in [9.17, 15) is 4.79 Å². The average molecular weight is 305 g/mol. The van der Waals surface area contributed by atoms with Crippen LogP contribution in [0.5, 0.6) is 0 Å². The molecular weight excluding hydrogens is 286 g/mol. The van der Waals surface area contributed by atoms with Gasteiger partial charge in [0.2, 0.25) is 0 Å². The van der Waals surface area contributed by atoms with Crippen molar-refractivity contribution in [2.75, 3.05) is 13.1 Å². The fourth-order valence-electron chi connectivity index (χ4n) is 2.71. The second-order valence-corrected chi connectivity index (χ2v) is 5.93. The van der Waals surface area contributed by atoms with E-state index in [1.807, 2.05) is 4.90 Å². The van der Waals surface area contributed by atoms with Gasteiger partial charge in [0.15, 0.2) is 0 Å². The van der Waals surface area contributed by atoms with E-state index in [4.69, 9.17) is 0 Å². The van der Waals surface area contributed by atoms with Gasteiger partial charge < -0.3 is 10.2 Å². The number of nitrogens with zero attached hydrogens (tertiary/aromatic N) is 4. The monoisotopic (exact) mass is 305 g/mol. The van der Waals surface area contributed by atoms with Crippen molar-refractivity contribution in [2.24, 2.45) is 0 Å². The molecule has 1 saturated heterocycles. The van der Waals surface area contributed by atoms with Crippen LogP contribution >= 0.6 is 11.3 Å². The number of carbonyl (C=O) groups excluding carboxylic acids is 1. The number of likely N-dealkylation sites (tertiary alicyclic amines) is 1. The molecule has 2 aromatic rings. The molecule has 6 nitrogen and oxygen atoms in total. The summed E-state index contributed by atoms with van der Waals surface area (Å²) < 4.78 is 1.77. The molecule has 0 spiro atoms. The Morgan fingerprint density at radius 1 is 1.52 bits per heavy atom. The molecule has 3 rings (SSSR count). The van der Waals surface area contributed by atoms with Crippen LogP contribution < -0.4 is 5.32 Å². The summed E-state index contributed by atoms with van der Waals surface area (Å²) in [4.78, 5) is 18.1. The molecule has 7 heteroatoms. The van der Waals surface area contributed by atoms with E-state index >= 15 is 0 Å². The predicted octanol–water partition coefficient (Wildman–Crippen LogP) is 2.28. The fraction of sp³-hybridized carbons (Fsp3) is 0.500. The lowest BCUT2D eigenvalue weighted by Crippen LogP contribution is -2.40. The Balaban J connectivity index is 1.46. The summed E-state index contributed by atoms with van der Waals surface area (Å²) in [5, 5.41) is 11.3. The number of aromatic nitrogens is 3. The first-order valence-electron chi connectivity index (χ1n) is 7.23. The zero-order valence-corrected chi connectivity index (χ0v) is 12.6. The number of hydrogen-bond donors (Lipinski definition) is 1. The molecule has 1 N–H and O–H groups in total. The molecule has 112 valence electrons. The van der Waals surface area contributed by atoms with Crippen molar-refractivity contribution in [3.63, 3.8) is 0 Å². The van der Waals surface area contributed by atoms with Crippen LogP contribution in [0.3, 0.4) is 0 Å². The standard InChI is InChI=1S/C14H19N5OS/c20-14(16-5-2-6-18-11-15-10-17-18)19-7-1-3-13(19)12-4-8-21-9-12/h4,8-11,13H,1-3,5-7H2,(H,16,20)/t13-/m0/s1. The van der Waals surface area contributed by atoms with Crippen LogP contribution in [-0.4, -0.2) is 38.8 Å². The number of hydrogen-bond acceptors (Lipinski definition) is 4. The Labute approximate surface area is 127 Å².